The SMILES string of the molecule is COc1cc(F)cc(-c2nccc3[nH]c(-c4n[nH]c5ccc(-c6cncc(OCCN7CCCC7)c6)nc45)cc23)c1. The molecule has 1 saturated heterocycles. The molecule has 1 aliphatic heterocycles. The van der Waals surface area contributed by atoms with Crippen molar-refractivity contribution in [1.29, 1.82) is 0 Å². The van der Waals surface area contributed by atoms with E-state index < -0.39 is 0 Å². The number of methoxy groups -OCH3 is 1. The highest BCUT2D eigenvalue weighted by molar-refractivity contribution is 5.99. The van der Waals surface area contributed by atoms with Crippen LogP contribution in [0.2, 0.25) is 0 Å². The lowest BCUT2D eigenvalue weighted by molar-refractivity contribution is 0.237. The quantitative estimate of drug-likeness (QED) is 0.245. The summed E-state index contributed by atoms with van der Waals surface area (Å²) in [7, 11) is 1.51. The molecule has 6 aromatic rings. The molecule has 2 N–H and O–H groups in total. The number of nitrogens with one attached hydrogen (secondary N) is 2. The smallest absolute Gasteiger partial charge is 0.138 e. The predicted molar refractivity (Wildman–Crippen MR) is 155 cm³/mol. The summed E-state index contributed by atoms with van der Waals surface area (Å²) in [5, 5.41) is 8.49. The van der Waals surface area contributed by atoms with E-state index in [0.717, 1.165) is 64.3 Å². The molecule has 206 valence electrons. The van der Waals surface area contributed by atoms with Crippen LogP contribution < -0.4 is 9.47 Å². The van der Waals surface area contributed by atoms with Crippen LogP contribution in [0.25, 0.3) is 55.8 Å². The second-order valence-electron chi connectivity index (χ2n) is 10.2. The third-order valence-electron chi connectivity index (χ3n) is 7.48. The number of halogens is 1. The molecule has 1 fully saturated rings. The number of benzene rings is 1. The summed E-state index contributed by atoms with van der Waals surface area (Å²) in [6, 6.07) is 14.3. The van der Waals surface area contributed by atoms with Crippen LogP contribution in [-0.4, -0.2) is 68.4 Å². The number of pyridine rings is 3. The van der Waals surface area contributed by atoms with E-state index in [1.54, 1.807) is 24.7 Å². The van der Waals surface area contributed by atoms with Crippen LogP contribution in [-0.2, 0) is 0 Å². The molecule has 5 aromatic heterocycles. The number of nitrogens with zero attached hydrogens (tertiary/aromatic N) is 5. The summed E-state index contributed by atoms with van der Waals surface area (Å²) in [5.41, 5.74) is 6.71. The second kappa shape index (κ2) is 10.6. The van der Waals surface area contributed by atoms with Crippen LogP contribution in [0.5, 0.6) is 11.5 Å². The molecule has 10 heteroatoms. The molecule has 6 heterocycles. The number of hydrogen-bond donors (Lipinski definition) is 2. The maximum atomic E-state index is 14.3. The normalized spacial score (nSPS) is 13.8. The van der Waals surface area contributed by atoms with E-state index >= 15 is 0 Å². The van der Waals surface area contributed by atoms with Crippen molar-refractivity contribution in [3.8, 4) is 45.4 Å². The molecule has 7 rings (SSSR count). The lowest BCUT2D eigenvalue weighted by atomic mass is 10.1. The molecule has 0 spiro atoms. The Morgan fingerprint density at radius 1 is 0.927 bits per heavy atom. The average Bonchev–Trinajstić information content (AvgIpc) is 3.76. The Balaban J connectivity index is 1.21. The van der Waals surface area contributed by atoms with Gasteiger partial charge in [-0.3, -0.25) is 20.0 Å². The van der Waals surface area contributed by atoms with Crippen LogP contribution >= 0.6 is 0 Å². The molecule has 1 aliphatic rings. The Kier molecular flexibility index (Phi) is 6.52. The van der Waals surface area contributed by atoms with Crippen molar-refractivity contribution < 1.29 is 13.9 Å². The molecule has 0 bridgehead atoms. The fourth-order valence-electron chi connectivity index (χ4n) is 5.41. The van der Waals surface area contributed by atoms with Gasteiger partial charge in [0.25, 0.3) is 0 Å². The monoisotopic (exact) mass is 549 g/mol. The minimum Gasteiger partial charge on any atom is -0.497 e. The Labute approximate surface area is 235 Å². The molecule has 41 heavy (non-hydrogen) atoms. The lowest BCUT2D eigenvalue weighted by Gasteiger charge is -2.15. The summed E-state index contributed by atoms with van der Waals surface area (Å²) in [5.74, 6) is 0.764. The standard InChI is InChI=1S/C31H28FN7O2/c1-40-22-13-19(12-21(32)15-22)29-24-16-28(35-26(24)6-7-34-29)31-30-27(37-38-31)5-4-25(36-30)20-14-23(18-33-17-20)41-11-10-39-8-2-3-9-39/h4-7,12-18,35H,2-3,8-11H2,1H3,(H,37,38). The lowest BCUT2D eigenvalue weighted by Crippen LogP contribution is -2.25. The number of aromatic nitrogens is 6. The molecule has 0 radical (unpaired) electrons. The molecule has 0 unspecified atom stereocenters. The molecular formula is C31H28FN7O2. The van der Waals surface area contributed by atoms with Gasteiger partial charge in [0, 0.05) is 47.0 Å². The summed E-state index contributed by atoms with van der Waals surface area (Å²) in [6.45, 7) is 3.84. The van der Waals surface area contributed by atoms with Crippen molar-refractivity contribution in [2.75, 3.05) is 33.4 Å². The molecule has 0 atom stereocenters. The van der Waals surface area contributed by atoms with Crippen molar-refractivity contribution in [3.05, 3.63) is 72.9 Å². The van der Waals surface area contributed by atoms with E-state index in [-0.39, 0.29) is 5.82 Å². The molecule has 0 amide bonds. The minimum atomic E-state index is -0.389. The van der Waals surface area contributed by atoms with Crippen LogP contribution in [0, 0.1) is 5.82 Å². The van der Waals surface area contributed by atoms with Crippen LogP contribution in [0.1, 0.15) is 12.8 Å². The Bertz CT molecular complexity index is 1860. The molecule has 0 aliphatic carbocycles. The highest BCUT2D eigenvalue weighted by Crippen LogP contribution is 2.34. The van der Waals surface area contributed by atoms with Gasteiger partial charge in [-0.2, -0.15) is 5.10 Å². The molecule has 9 nitrogen and oxygen atoms in total. The first-order chi connectivity index (χ1) is 20.1. The maximum absolute atomic E-state index is 14.3. The number of likely N-dealkylation sites (tertiary alicyclic amines) is 1. The van der Waals surface area contributed by atoms with Gasteiger partial charge in [0.05, 0.1) is 35.9 Å². The third-order valence-corrected chi connectivity index (χ3v) is 7.48. The Morgan fingerprint density at radius 2 is 1.80 bits per heavy atom. The highest BCUT2D eigenvalue weighted by atomic mass is 19.1. The zero-order valence-electron chi connectivity index (χ0n) is 22.5. The van der Waals surface area contributed by atoms with Gasteiger partial charge in [0.15, 0.2) is 0 Å². The highest BCUT2D eigenvalue weighted by Gasteiger charge is 2.17. The summed E-state index contributed by atoms with van der Waals surface area (Å²) < 4.78 is 25.5. The fraction of sp³-hybridized carbons (Fsp3) is 0.226. The van der Waals surface area contributed by atoms with Crippen LogP contribution in [0.4, 0.5) is 4.39 Å². The van der Waals surface area contributed by atoms with Crippen LogP contribution in [0.15, 0.2) is 67.1 Å². The Hall–Kier alpha value is -4.83. The van der Waals surface area contributed by atoms with E-state index in [0.29, 0.717) is 29.3 Å². The van der Waals surface area contributed by atoms with Crippen LogP contribution in [0.3, 0.4) is 0 Å². The van der Waals surface area contributed by atoms with E-state index in [4.69, 9.17) is 14.5 Å². The zero-order chi connectivity index (χ0) is 27.8. The van der Waals surface area contributed by atoms with Gasteiger partial charge in [-0.15, -0.1) is 0 Å². The first kappa shape index (κ1) is 25.2. The topological polar surface area (TPSA) is 105 Å². The van der Waals surface area contributed by atoms with Gasteiger partial charge in [0.1, 0.15) is 35.1 Å². The largest absolute Gasteiger partial charge is 0.497 e. The van der Waals surface area contributed by atoms with Gasteiger partial charge in [-0.05, 0) is 68.4 Å². The Morgan fingerprint density at radius 3 is 2.68 bits per heavy atom. The summed E-state index contributed by atoms with van der Waals surface area (Å²) >= 11 is 0. The van der Waals surface area contributed by atoms with Gasteiger partial charge in [-0.25, -0.2) is 9.37 Å². The van der Waals surface area contributed by atoms with E-state index in [9.17, 15) is 4.39 Å². The first-order valence-electron chi connectivity index (χ1n) is 13.6. The first-order valence-corrected chi connectivity index (χ1v) is 13.6. The van der Waals surface area contributed by atoms with Crippen molar-refractivity contribution >= 4 is 21.9 Å². The number of H-pyrrole nitrogens is 2. The number of fused-ring (bicyclic) bond motifs is 2. The van der Waals surface area contributed by atoms with Crippen molar-refractivity contribution in [2.24, 2.45) is 0 Å². The number of hydrogen-bond acceptors (Lipinski definition) is 7. The summed E-state index contributed by atoms with van der Waals surface area (Å²) in [6.07, 6.45) is 7.75. The number of rotatable bonds is 8. The third kappa shape index (κ3) is 4.98. The average molecular weight is 550 g/mol. The van der Waals surface area contributed by atoms with Gasteiger partial charge in [-0.1, -0.05) is 0 Å². The summed E-state index contributed by atoms with van der Waals surface area (Å²) in [4.78, 5) is 19.8. The van der Waals surface area contributed by atoms with Crippen molar-refractivity contribution in [3.63, 3.8) is 0 Å². The van der Waals surface area contributed by atoms with Gasteiger partial charge >= 0.3 is 0 Å². The number of aromatic amines is 2. The van der Waals surface area contributed by atoms with E-state index in [1.165, 1.54) is 32.1 Å². The maximum Gasteiger partial charge on any atom is 0.138 e. The number of ether oxygens (including phenoxy) is 2. The van der Waals surface area contributed by atoms with Gasteiger partial charge < -0.3 is 14.5 Å². The fourth-order valence-corrected chi connectivity index (χ4v) is 5.41. The molecular weight excluding hydrogens is 521 g/mol. The predicted octanol–water partition coefficient (Wildman–Crippen LogP) is 5.85. The van der Waals surface area contributed by atoms with Crippen molar-refractivity contribution in [1.82, 2.24) is 35.0 Å². The molecule has 0 saturated carbocycles. The van der Waals surface area contributed by atoms with Crippen molar-refractivity contribution in [2.45, 2.75) is 12.8 Å². The molecule has 1 aromatic carbocycles. The zero-order valence-corrected chi connectivity index (χ0v) is 22.5. The van der Waals surface area contributed by atoms with E-state index in [1.807, 2.05) is 30.3 Å². The van der Waals surface area contributed by atoms with E-state index in [2.05, 4.69) is 30.0 Å². The second-order valence-corrected chi connectivity index (χ2v) is 10.2. The van der Waals surface area contributed by atoms with Gasteiger partial charge in [0.2, 0.25) is 0 Å². The minimum absolute atomic E-state index is 0.389.